The van der Waals surface area contributed by atoms with Crippen molar-refractivity contribution in [1.82, 2.24) is 14.8 Å². The molecule has 0 radical (unpaired) electrons. The standard InChI is InChI=1S/C12H10F2N4O3/c13-7-3-4-8(18(20)21)11(14)10(7)12-16-15-9(5-19)17(12)6-1-2-6/h3-4,6,19H,1-2,5H2. The number of aliphatic hydroxyl groups excluding tert-OH is 1. The lowest BCUT2D eigenvalue weighted by Crippen LogP contribution is -2.06. The molecule has 2 aromatic rings. The van der Waals surface area contributed by atoms with Crippen molar-refractivity contribution in [2.75, 3.05) is 0 Å². The second-order valence-corrected chi connectivity index (χ2v) is 4.71. The zero-order valence-electron chi connectivity index (χ0n) is 10.7. The Morgan fingerprint density at radius 1 is 1.38 bits per heavy atom. The van der Waals surface area contributed by atoms with Gasteiger partial charge in [-0.15, -0.1) is 10.2 Å². The fourth-order valence-corrected chi connectivity index (χ4v) is 2.21. The summed E-state index contributed by atoms with van der Waals surface area (Å²) in [5.74, 6) is -2.21. The molecule has 0 saturated heterocycles. The molecule has 7 nitrogen and oxygen atoms in total. The lowest BCUT2D eigenvalue weighted by atomic mass is 10.1. The maximum atomic E-state index is 14.2. The Balaban J connectivity index is 2.23. The Kier molecular flexibility index (Phi) is 3.13. The average molecular weight is 296 g/mol. The van der Waals surface area contributed by atoms with E-state index < -0.39 is 34.4 Å². The summed E-state index contributed by atoms with van der Waals surface area (Å²) < 4.78 is 29.6. The van der Waals surface area contributed by atoms with Crippen LogP contribution in [0.3, 0.4) is 0 Å². The van der Waals surface area contributed by atoms with Gasteiger partial charge in [0.1, 0.15) is 12.4 Å². The van der Waals surface area contributed by atoms with Crippen LogP contribution in [0.5, 0.6) is 0 Å². The van der Waals surface area contributed by atoms with Crippen molar-refractivity contribution < 1.29 is 18.8 Å². The summed E-state index contributed by atoms with van der Waals surface area (Å²) in [7, 11) is 0. The first-order valence-electron chi connectivity index (χ1n) is 6.22. The molecule has 0 unspecified atom stereocenters. The predicted molar refractivity (Wildman–Crippen MR) is 66.2 cm³/mol. The van der Waals surface area contributed by atoms with Crippen LogP contribution in [-0.2, 0) is 6.61 Å². The van der Waals surface area contributed by atoms with E-state index in [0.717, 1.165) is 25.0 Å². The van der Waals surface area contributed by atoms with Gasteiger partial charge in [-0.3, -0.25) is 10.1 Å². The molecule has 3 rings (SSSR count). The van der Waals surface area contributed by atoms with Crippen LogP contribution < -0.4 is 0 Å². The van der Waals surface area contributed by atoms with Crippen LogP contribution in [-0.4, -0.2) is 24.8 Å². The number of aliphatic hydroxyl groups is 1. The Labute approximate surface area is 117 Å². The van der Waals surface area contributed by atoms with E-state index in [1.54, 1.807) is 0 Å². The van der Waals surface area contributed by atoms with Crippen LogP contribution in [0, 0.1) is 21.7 Å². The number of nitrogens with zero attached hydrogens (tertiary/aromatic N) is 4. The van der Waals surface area contributed by atoms with Crippen LogP contribution in [0.1, 0.15) is 24.7 Å². The highest BCUT2D eigenvalue weighted by Crippen LogP contribution is 2.40. The van der Waals surface area contributed by atoms with Gasteiger partial charge in [0.2, 0.25) is 5.82 Å². The van der Waals surface area contributed by atoms with Gasteiger partial charge < -0.3 is 9.67 Å². The van der Waals surface area contributed by atoms with E-state index >= 15 is 0 Å². The molecule has 110 valence electrons. The molecule has 0 bridgehead atoms. The molecule has 1 heterocycles. The fraction of sp³-hybridized carbons (Fsp3) is 0.333. The predicted octanol–water partition coefficient (Wildman–Crippen LogP) is 1.96. The van der Waals surface area contributed by atoms with Crippen molar-refractivity contribution in [2.45, 2.75) is 25.5 Å². The minimum Gasteiger partial charge on any atom is -0.388 e. The molecule has 1 aromatic carbocycles. The average Bonchev–Trinajstić information content (AvgIpc) is 3.19. The van der Waals surface area contributed by atoms with Crippen molar-refractivity contribution in [2.24, 2.45) is 0 Å². The molecule has 1 aliphatic carbocycles. The molecule has 1 aromatic heterocycles. The van der Waals surface area contributed by atoms with Crippen LogP contribution >= 0.6 is 0 Å². The maximum absolute atomic E-state index is 14.2. The first-order valence-corrected chi connectivity index (χ1v) is 6.22. The van der Waals surface area contributed by atoms with E-state index in [4.69, 9.17) is 0 Å². The Bertz CT molecular complexity index is 728. The van der Waals surface area contributed by atoms with Crippen LogP contribution in [0.4, 0.5) is 14.5 Å². The third kappa shape index (κ3) is 2.15. The van der Waals surface area contributed by atoms with Crippen molar-refractivity contribution in [3.63, 3.8) is 0 Å². The maximum Gasteiger partial charge on any atom is 0.305 e. The molecular weight excluding hydrogens is 286 g/mol. The van der Waals surface area contributed by atoms with Crippen molar-refractivity contribution in [3.8, 4) is 11.4 Å². The number of nitro groups is 1. The summed E-state index contributed by atoms with van der Waals surface area (Å²) in [6.45, 7) is -0.429. The highest BCUT2D eigenvalue weighted by Gasteiger charge is 2.33. The van der Waals surface area contributed by atoms with Gasteiger partial charge in [-0.2, -0.15) is 4.39 Å². The van der Waals surface area contributed by atoms with E-state index in [-0.39, 0.29) is 17.7 Å². The molecule has 1 aliphatic rings. The SMILES string of the molecule is O=[N+]([O-])c1ccc(F)c(-c2nnc(CO)n2C2CC2)c1F. The zero-order chi connectivity index (χ0) is 15.1. The number of halogens is 2. The molecule has 0 amide bonds. The van der Waals surface area contributed by atoms with E-state index in [2.05, 4.69) is 10.2 Å². The largest absolute Gasteiger partial charge is 0.388 e. The lowest BCUT2D eigenvalue weighted by molar-refractivity contribution is -0.387. The monoisotopic (exact) mass is 296 g/mol. The number of rotatable bonds is 4. The van der Waals surface area contributed by atoms with E-state index in [1.807, 2.05) is 0 Å². The molecule has 0 atom stereocenters. The molecule has 21 heavy (non-hydrogen) atoms. The van der Waals surface area contributed by atoms with Gasteiger partial charge >= 0.3 is 5.69 Å². The summed E-state index contributed by atoms with van der Waals surface area (Å²) in [6, 6.07) is 1.54. The summed E-state index contributed by atoms with van der Waals surface area (Å²) in [4.78, 5) is 9.84. The number of benzene rings is 1. The Morgan fingerprint density at radius 2 is 2.10 bits per heavy atom. The van der Waals surface area contributed by atoms with Crippen LogP contribution in [0.25, 0.3) is 11.4 Å². The molecule has 9 heteroatoms. The second-order valence-electron chi connectivity index (χ2n) is 4.71. The molecule has 1 fully saturated rings. The number of aromatic nitrogens is 3. The van der Waals surface area contributed by atoms with Gasteiger partial charge in [-0.25, -0.2) is 4.39 Å². The summed E-state index contributed by atoms with van der Waals surface area (Å²) in [5, 5.41) is 27.4. The van der Waals surface area contributed by atoms with Crippen molar-refractivity contribution in [3.05, 3.63) is 39.7 Å². The minimum absolute atomic E-state index is 0.0461. The van der Waals surface area contributed by atoms with Gasteiger partial charge in [0.25, 0.3) is 0 Å². The summed E-state index contributed by atoms with van der Waals surface area (Å²) >= 11 is 0. The molecule has 0 spiro atoms. The van der Waals surface area contributed by atoms with Crippen LogP contribution in [0.15, 0.2) is 12.1 Å². The van der Waals surface area contributed by atoms with E-state index in [0.29, 0.717) is 0 Å². The second kappa shape index (κ2) is 4.85. The van der Waals surface area contributed by atoms with Crippen LogP contribution in [0.2, 0.25) is 0 Å². The van der Waals surface area contributed by atoms with Gasteiger partial charge in [0, 0.05) is 12.1 Å². The Hall–Kier alpha value is -2.42. The summed E-state index contributed by atoms with van der Waals surface area (Å²) in [6.07, 6.45) is 1.55. The minimum atomic E-state index is -1.29. The third-order valence-electron chi connectivity index (χ3n) is 3.31. The van der Waals surface area contributed by atoms with Crippen molar-refractivity contribution >= 4 is 5.69 Å². The van der Waals surface area contributed by atoms with Gasteiger partial charge in [-0.1, -0.05) is 0 Å². The smallest absolute Gasteiger partial charge is 0.305 e. The quantitative estimate of drug-likeness (QED) is 0.687. The number of hydrogen-bond donors (Lipinski definition) is 1. The first-order chi connectivity index (χ1) is 10.0. The highest BCUT2D eigenvalue weighted by molar-refractivity contribution is 5.62. The lowest BCUT2D eigenvalue weighted by Gasteiger charge is -2.09. The highest BCUT2D eigenvalue weighted by atomic mass is 19.1. The van der Waals surface area contributed by atoms with Crippen molar-refractivity contribution in [1.29, 1.82) is 0 Å². The van der Waals surface area contributed by atoms with E-state index in [9.17, 15) is 24.0 Å². The van der Waals surface area contributed by atoms with Gasteiger partial charge in [0.15, 0.2) is 11.6 Å². The molecule has 0 aliphatic heterocycles. The zero-order valence-corrected chi connectivity index (χ0v) is 10.7. The number of nitro benzene ring substituents is 1. The third-order valence-corrected chi connectivity index (χ3v) is 3.31. The fourth-order valence-electron chi connectivity index (χ4n) is 2.21. The molecular formula is C12H10F2N4O3. The summed E-state index contributed by atoms with van der Waals surface area (Å²) in [5.41, 5.74) is -1.43. The normalized spacial score (nSPS) is 14.4. The first kappa shape index (κ1) is 13.6. The Morgan fingerprint density at radius 3 is 2.67 bits per heavy atom. The van der Waals surface area contributed by atoms with Gasteiger partial charge in [0.05, 0.1) is 10.5 Å². The molecule has 1 saturated carbocycles. The molecule has 1 N–H and O–H groups in total. The van der Waals surface area contributed by atoms with Gasteiger partial charge in [-0.05, 0) is 18.9 Å². The number of hydrogen-bond acceptors (Lipinski definition) is 5. The van der Waals surface area contributed by atoms with E-state index in [1.165, 1.54) is 4.57 Å². The topological polar surface area (TPSA) is 94.1 Å².